The van der Waals surface area contributed by atoms with Crippen LogP contribution < -0.4 is 1090 Å². The Balaban J connectivity index is -0.00000000175. The van der Waals surface area contributed by atoms with Crippen LogP contribution in [0.2, 0.25) is 0 Å². The number of phosphoric acid groups is 5. The fourth-order valence-corrected chi connectivity index (χ4v) is 0. The van der Waals surface area contributed by atoms with Crippen LogP contribution in [0.1, 0.15) is 0 Å². The topological polar surface area (TPSA) is 389 Å². The Labute approximate surface area is 1190 Å². The molecule has 62 heavy (non-hydrogen) atoms. The van der Waals surface area contributed by atoms with Gasteiger partial charge < -0.3 is 73.4 Å². The third kappa shape index (κ3) is 645. The summed E-state index contributed by atoms with van der Waals surface area (Å²) in [6, 6.07) is 0. The van der Waals surface area contributed by atoms with Crippen LogP contribution in [0.3, 0.4) is 0 Å². The fraction of sp³-hybridized carbons (Fsp3) is 0. The van der Waals surface area contributed by atoms with Crippen molar-refractivity contribution in [1.29, 1.82) is 0 Å². The second-order valence-corrected chi connectivity index (χ2v) is 7.70. The molecule has 0 fully saturated rings. The van der Waals surface area contributed by atoms with Gasteiger partial charge in [-0.15, -0.1) is 0 Å². The van der Waals surface area contributed by atoms with E-state index in [9.17, 15) is 0 Å². The van der Waals surface area contributed by atoms with Crippen molar-refractivity contribution in [3.63, 3.8) is 0 Å². The number of rotatable bonds is 0. The average molecular weight is 1340 g/mol. The molecule has 0 unspecified atom stereocenters. The molecule has 0 bridgehead atoms. The first kappa shape index (κ1) is 292. The van der Waals surface area contributed by atoms with E-state index in [0.29, 0.717) is 0 Å². The molecule has 0 rings (SSSR count). The fourth-order valence-electron chi connectivity index (χ4n) is 0. The van der Waals surface area contributed by atoms with E-state index in [-0.39, 0.29) is 1090 Å². The molecule has 15 N–H and O–H groups in total. The smallest absolute Gasteiger partial charge is 0.303 e. The molecule has 0 heterocycles. The largest absolute Gasteiger partial charge is 1.00 e. The van der Waals surface area contributed by atoms with E-state index in [4.69, 9.17) is 96.2 Å². The summed E-state index contributed by atoms with van der Waals surface area (Å²) in [7, 11) is -23.2. The number of hydrogen-bond acceptors (Lipinski definition) is 5. The van der Waals surface area contributed by atoms with Crippen LogP contribution in [0.4, 0.5) is 0 Å². The maximum Gasteiger partial charge on any atom is 1.00 e. The summed E-state index contributed by atoms with van der Waals surface area (Å²) in [5.41, 5.74) is 0. The Morgan fingerprint density at radius 2 is 0.113 bits per heavy atom. The van der Waals surface area contributed by atoms with E-state index in [1.807, 2.05) is 0 Å². The summed E-state index contributed by atoms with van der Waals surface area (Å²) in [5.74, 6) is 0. The van der Waals surface area contributed by atoms with Crippen LogP contribution in [0.5, 0.6) is 0 Å². The number of hydrogen-bond donors (Lipinski definition) is 15. The van der Waals surface area contributed by atoms with Gasteiger partial charge in [0.05, 0.1) is 0 Å². The third-order valence-corrected chi connectivity index (χ3v) is 0. The Morgan fingerprint density at radius 3 is 0.113 bits per heavy atom. The normalized spacial score (nSPS) is 4.76. The Bertz CT molecular complexity index is 425. The van der Waals surface area contributed by atoms with Gasteiger partial charge in [-0.2, -0.15) is 0 Å². The molecule has 0 aromatic heterocycles. The molecule has 0 aliphatic carbocycles. The van der Waals surface area contributed by atoms with Crippen molar-refractivity contribution in [2.75, 3.05) is 0 Å². The third-order valence-electron chi connectivity index (χ3n) is 0. The van der Waals surface area contributed by atoms with E-state index < -0.39 is 39.1 Å². The first-order valence-corrected chi connectivity index (χ1v) is 11.7. The molecule has 62 heteroatoms. The van der Waals surface area contributed by atoms with Crippen molar-refractivity contribution >= 4 is 39.1 Å². The quantitative estimate of drug-likeness (QED) is 0.0791. The maximum absolute atomic E-state index is 8.88. The van der Waals surface area contributed by atoms with Gasteiger partial charge in [0, 0.05) is 0 Å². The summed E-state index contributed by atoms with van der Waals surface area (Å²) in [6.07, 6.45) is 0. The predicted molar refractivity (Wildman–Crippen MR) is 71.3 cm³/mol. The van der Waals surface area contributed by atoms with E-state index in [2.05, 4.69) is 0 Å². The van der Waals surface area contributed by atoms with Crippen LogP contribution in [-0.4, -0.2) is 73.4 Å². The first-order valence-electron chi connectivity index (χ1n) is 3.91. The first-order chi connectivity index (χ1) is 10.0. The van der Waals surface area contributed by atoms with Gasteiger partial charge in [0.1, 0.15) is 0 Å². The zero-order valence-corrected chi connectivity index (χ0v) is 126. The molecule has 0 atom stereocenters. The van der Waals surface area contributed by atoms with Crippen LogP contribution in [0.25, 0.3) is 0 Å². The van der Waals surface area contributed by atoms with Crippen molar-refractivity contribution in [2.45, 2.75) is 0 Å². The molecular weight excluding hydrogens is 1330 g/mol. The van der Waals surface area contributed by atoms with E-state index in [1.165, 1.54) is 0 Å². The molecule has 0 saturated heterocycles. The van der Waals surface area contributed by atoms with Crippen LogP contribution in [0.15, 0.2) is 0 Å². The minimum Gasteiger partial charge on any atom is -0.303 e. The maximum atomic E-state index is 8.88. The van der Waals surface area contributed by atoms with Crippen LogP contribution in [0, 0.1) is 0 Å². The molecule has 0 aliphatic heterocycles. The van der Waals surface area contributed by atoms with Gasteiger partial charge in [0.2, 0.25) is 0 Å². The SMILES string of the molecule is O=P(O)(O)O.O=P(O)(O)O.O=P(O)(O)O.O=P(O)(O)O.O=P(O)(O)O.[Na+].[Na+].[Na+].[Na+].[Na+].[Na+].[Na+].[Na+].[Na+].[Na+].[Na+].[Na+].[Na+].[Na+].[Na+].[Na+].[Na+].[Na+].[Na+].[Na+].[Na+].[Na+].[Na+].[Na+].[Na+].[Na+].[Na+].[Na+].[Na+].[Na+].[Na+].[Na+].[Na+].[Na+].[Na+].[Na+].[Na+]. The van der Waals surface area contributed by atoms with Gasteiger partial charge in [0.25, 0.3) is 0 Å². The molecule has 0 aromatic rings. The van der Waals surface area contributed by atoms with Gasteiger partial charge >= 0.3 is 1130 Å². The van der Waals surface area contributed by atoms with E-state index in [1.54, 1.807) is 0 Å². The Kier molecular flexibility index (Phi) is 968. The molecular formula is H15Na37O20P5+37. The monoisotopic (exact) mass is 1340 g/mol. The van der Waals surface area contributed by atoms with Crippen molar-refractivity contribution in [3.8, 4) is 0 Å². The summed E-state index contributed by atoms with van der Waals surface area (Å²) in [5, 5.41) is 0. The summed E-state index contributed by atoms with van der Waals surface area (Å²) < 4.78 is 44.4. The molecule has 20 nitrogen and oxygen atoms in total. The average Bonchev–Trinajstić information content (AvgIpc) is 1.79. The zero-order chi connectivity index (χ0) is 22.5. The summed E-state index contributed by atoms with van der Waals surface area (Å²) in [6.45, 7) is 0. The van der Waals surface area contributed by atoms with Crippen molar-refractivity contribution in [2.24, 2.45) is 0 Å². The van der Waals surface area contributed by atoms with Gasteiger partial charge in [-0.05, 0) is 0 Å². The van der Waals surface area contributed by atoms with Crippen LogP contribution in [-0.2, 0) is 22.8 Å². The molecule has 0 aliphatic rings. The molecule has 0 aromatic carbocycles. The standard InChI is InChI=1S/37Na.5H3O4P/c;;;;;;;;;;;;;;;;;;;;;;;;;;;;;;;;;;;;;5*1-5(2,3)4/h;;;;;;;;;;;;;;;;;;;;;;;;;;;;;;;;;;;;;5*(H3,1,2,3,4)/q37*+1;;;;;. The molecule has 0 radical (unpaired) electrons. The molecule has 160 valence electrons. The summed E-state index contributed by atoms with van der Waals surface area (Å²) in [4.78, 5) is 108. The second kappa shape index (κ2) is 206. The molecule has 0 amide bonds. The van der Waals surface area contributed by atoms with E-state index in [0.717, 1.165) is 0 Å². The summed E-state index contributed by atoms with van der Waals surface area (Å²) >= 11 is 0. The van der Waals surface area contributed by atoms with Gasteiger partial charge in [-0.1, -0.05) is 0 Å². The Hall–Kier alpha value is 37.5. The van der Waals surface area contributed by atoms with Crippen LogP contribution >= 0.6 is 39.1 Å². The second-order valence-electron chi connectivity index (χ2n) is 2.57. The van der Waals surface area contributed by atoms with Crippen molar-refractivity contribution in [3.05, 3.63) is 0 Å². The zero-order valence-electron chi connectivity index (χ0n) is 48.0. The Morgan fingerprint density at radius 1 is 0.113 bits per heavy atom. The van der Waals surface area contributed by atoms with Crippen molar-refractivity contribution < 1.29 is 1190 Å². The van der Waals surface area contributed by atoms with Gasteiger partial charge in [0.15, 0.2) is 0 Å². The molecule has 0 saturated carbocycles. The van der Waals surface area contributed by atoms with Gasteiger partial charge in [-0.3, -0.25) is 0 Å². The predicted octanol–water partition coefficient (Wildman–Crippen LogP) is -115. The minimum atomic E-state index is -4.64. The van der Waals surface area contributed by atoms with Crippen molar-refractivity contribution in [1.82, 2.24) is 0 Å². The van der Waals surface area contributed by atoms with E-state index >= 15 is 0 Å². The minimum absolute atomic E-state index is 0. The molecule has 0 spiro atoms. The van der Waals surface area contributed by atoms with Gasteiger partial charge in [-0.25, -0.2) is 22.8 Å².